The van der Waals surface area contributed by atoms with Gasteiger partial charge in [-0.2, -0.15) is 8.42 Å². The molecule has 2 aromatic rings. The van der Waals surface area contributed by atoms with Gasteiger partial charge in [-0.25, -0.2) is 4.79 Å². The molecule has 5 N–H and O–H groups in total. The van der Waals surface area contributed by atoms with E-state index in [1.165, 1.54) is 12.1 Å². The number of carbonyl (C=O) groups excluding carboxylic acids is 1. The predicted molar refractivity (Wildman–Crippen MR) is 84.4 cm³/mol. The topological polar surface area (TPSA) is 156 Å². The minimum absolute atomic E-state index is 0.150. The number of carboxylic acids is 1. The summed E-state index contributed by atoms with van der Waals surface area (Å²) in [6.45, 7) is 0. The summed E-state index contributed by atoms with van der Waals surface area (Å²) in [5.74, 6) is -3.01. The SMILES string of the molecule is Nc1ccc(C(=O)O)c(OS(=O)(=O)O)c1NC(=O)c1ccccc1. The molecule has 9 nitrogen and oxygen atoms in total. The Labute approximate surface area is 136 Å². The summed E-state index contributed by atoms with van der Waals surface area (Å²) in [5, 5.41) is 11.4. The van der Waals surface area contributed by atoms with Gasteiger partial charge in [0.25, 0.3) is 5.91 Å². The van der Waals surface area contributed by atoms with Gasteiger partial charge in [0.2, 0.25) is 0 Å². The lowest BCUT2D eigenvalue weighted by Crippen LogP contribution is -2.18. The van der Waals surface area contributed by atoms with Crippen LogP contribution in [-0.4, -0.2) is 30.0 Å². The molecule has 126 valence electrons. The summed E-state index contributed by atoms with van der Waals surface area (Å²) >= 11 is 0. The fraction of sp³-hybridized carbons (Fsp3) is 0. The van der Waals surface area contributed by atoms with Crippen molar-refractivity contribution in [3.8, 4) is 5.75 Å². The molecule has 0 aliphatic rings. The second-order valence-corrected chi connectivity index (χ2v) is 5.56. The molecule has 0 bridgehead atoms. The van der Waals surface area contributed by atoms with Gasteiger partial charge in [0.05, 0.1) is 5.69 Å². The number of carbonyl (C=O) groups is 2. The van der Waals surface area contributed by atoms with E-state index >= 15 is 0 Å². The summed E-state index contributed by atoms with van der Waals surface area (Å²) < 4.78 is 35.1. The van der Waals surface area contributed by atoms with E-state index in [-0.39, 0.29) is 16.9 Å². The number of anilines is 2. The number of benzene rings is 2. The maximum Gasteiger partial charge on any atom is 0.446 e. The molecule has 0 aliphatic heterocycles. The van der Waals surface area contributed by atoms with Gasteiger partial charge in [-0.05, 0) is 24.3 Å². The van der Waals surface area contributed by atoms with Crippen LogP contribution in [0.5, 0.6) is 5.75 Å². The van der Waals surface area contributed by atoms with Gasteiger partial charge in [0.1, 0.15) is 11.3 Å². The Hall–Kier alpha value is -3.11. The minimum atomic E-state index is -5.04. The standard InChI is InChI=1S/C14H12N2O7S/c15-10-7-6-9(14(18)19)12(23-24(20,21)22)11(10)16-13(17)8-4-2-1-3-5-8/h1-7H,15H2,(H,16,17)(H,18,19)(H,20,21,22). The van der Waals surface area contributed by atoms with Crippen LogP contribution in [0.25, 0.3) is 0 Å². The van der Waals surface area contributed by atoms with Crippen molar-refractivity contribution in [2.24, 2.45) is 0 Å². The lowest BCUT2D eigenvalue weighted by atomic mass is 10.1. The zero-order valence-corrected chi connectivity index (χ0v) is 12.8. The Balaban J connectivity index is 2.53. The fourth-order valence-corrected chi connectivity index (χ4v) is 2.25. The van der Waals surface area contributed by atoms with Crippen LogP contribution in [0.2, 0.25) is 0 Å². The molecule has 0 saturated heterocycles. The zero-order chi connectivity index (χ0) is 17.9. The quantitative estimate of drug-likeness (QED) is 0.464. The third kappa shape index (κ3) is 4.00. The van der Waals surface area contributed by atoms with Crippen LogP contribution in [0.15, 0.2) is 42.5 Å². The van der Waals surface area contributed by atoms with Crippen LogP contribution >= 0.6 is 0 Å². The molecule has 0 saturated carbocycles. The van der Waals surface area contributed by atoms with Crippen molar-refractivity contribution in [3.63, 3.8) is 0 Å². The van der Waals surface area contributed by atoms with Crippen LogP contribution in [-0.2, 0) is 10.4 Å². The van der Waals surface area contributed by atoms with Gasteiger partial charge in [-0.15, -0.1) is 0 Å². The van der Waals surface area contributed by atoms with E-state index in [4.69, 9.17) is 15.4 Å². The molecule has 0 radical (unpaired) electrons. The van der Waals surface area contributed by atoms with Crippen LogP contribution in [0.1, 0.15) is 20.7 Å². The fourth-order valence-electron chi connectivity index (χ4n) is 1.86. The first-order valence-corrected chi connectivity index (χ1v) is 7.74. The summed E-state index contributed by atoms with van der Waals surface area (Å²) in [6.07, 6.45) is 0. The molecule has 1 amide bonds. The zero-order valence-electron chi connectivity index (χ0n) is 12.0. The van der Waals surface area contributed by atoms with Crippen molar-refractivity contribution in [1.29, 1.82) is 0 Å². The molecule has 0 atom stereocenters. The van der Waals surface area contributed by atoms with Crippen LogP contribution < -0.4 is 15.2 Å². The minimum Gasteiger partial charge on any atom is -0.478 e. The monoisotopic (exact) mass is 352 g/mol. The largest absolute Gasteiger partial charge is 0.478 e. The number of nitrogen functional groups attached to an aromatic ring is 1. The second kappa shape index (κ2) is 6.56. The van der Waals surface area contributed by atoms with Crippen LogP contribution in [0.3, 0.4) is 0 Å². The van der Waals surface area contributed by atoms with Gasteiger partial charge in [-0.3, -0.25) is 9.35 Å². The molecule has 0 aliphatic carbocycles. The Morgan fingerprint density at radius 2 is 1.71 bits per heavy atom. The van der Waals surface area contributed by atoms with Gasteiger partial charge in [-0.1, -0.05) is 18.2 Å². The summed E-state index contributed by atoms with van der Waals surface area (Å²) in [5.41, 5.74) is 4.75. The summed E-state index contributed by atoms with van der Waals surface area (Å²) in [7, 11) is -5.04. The smallest absolute Gasteiger partial charge is 0.446 e. The van der Waals surface area contributed by atoms with Crippen molar-refractivity contribution in [2.45, 2.75) is 0 Å². The number of nitrogens with one attached hydrogen (secondary N) is 1. The summed E-state index contributed by atoms with van der Waals surface area (Å²) in [6, 6.07) is 9.98. The van der Waals surface area contributed by atoms with E-state index < -0.39 is 33.6 Å². The molecule has 0 heterocycles. The highest BCUT2D eigenvalue weighted by Crippen LogP contribution is 2.36. The molecule has 2 rings (SSSR count). The van der Waals surface area contributed by atoms with Gasteiger partial charge in [0, 0.05) is 5.56 Å². The molecule has 0 aromatic heterocycles. The molecule has 2 aromatic carbocycles. The number of amides is 1. The lowest BCUT2D eigenvalue weighted by Gasteiger charge is -2.15. The second-order valence-electron chi connectivity index (χ2n) is 4.54. The average molecular weight is 352 g/mol. The molecule has 0 spiro atoms. The third-order valence-corrected chi connectivity index (χ3v) is 3.26. The van der Waals surface area contributed by atoms with E-state index in [9.17, 15) is 18.0 Å². The Morgan fingerprint density at radius 1 is 1.08 bits per heavy atom. The van der Waals surface area contributed by atoms with E-state index in [0.717, 1.165) is 12.1 Å². The van der Waals surface area contributed by atoms with Crippen molar-refractivity contribution in [1.82, 2.24) is 0 Å². The van der Waals surface area contributed by atoms with Gasteiger partial charge >= 0.3 is 16.4 Å². The van der Waals surface area contributed by atoms with E-state index in [0.29, 0.717) is 0 Å². The molecule has 10 heteroatoms. The Morgan fingerprint density at radius 3 is 2.25 bits per heavy atom. The van der Waals surface area contributed by atoms with Crippen molar-refractivity contribution in [3.05, 3.63) is 53.6 Å². The first kappa shape index (κ1) is 17.2. The average Bonchev–Trinajstić information content (AvgIpc) is 2.50. The number of nitrogens with two attached hydrogens (primary N) is 1. The number of hydrogen-bond acceptors (Lipinski definition) is 6. The highest BCUT2D eigenvalue weighted by atomic mass is 32.3. The highest BCUT2D eigenvalue weighted by molar-refractivity contribution is 7.81. The Bertz CT molecular complexity index is 895. The molecule has 0 unspecified atom stereocenters. The summed E-state index contributed by atoms with van der Waals surface area (Å²) in [4.78, 5) is 23.4. The first-order valence-electron chi connectivity index (χ1n) is 6.38. The number of rotatable bonds is 5. The molecular formula is C14H12N2O7S. The molecular weight excluding hydrogens is 340 g/mol. The normalized spacial score (nSPS) is 10.9. The third-order valence-electron chi connectivity index (χ3n) is 2.88. The maximum absolute atomic E-state index is 12.2. The van der Waals surface area contributed by atoms with Crippen molar-refractivity contribution in [2.75, 3.05) is 11.1 Å². The van der Waals surface area contributed by atoms with Gasteiger partial charge < -0.3 is 20.3 Å². The molecule has 0 fully saturated rings. The predicted octanol–water partition coefficient (Wildman–Crippen LogP) is 1.40. The number of carboxylic acid groups (broad SMARTS) is 1. The van der Waals surface area contributed by atoms with Crippen LogP contribution in [0, 0.1) is 0 Å². The van der Waals surface area contributed by atoms with E-state index in [1.807, 2.05) is 0 Å². The first-order chi connectivity index (χ1) is 11.2. The number of aromatic carboxylic acids is 1. The van der Waals surface area contributed by atoms with E-state index in [2.05, 4.69) is 9.50 Å². The Kier molecular flexibility index (Phi) is 4.71. The maximum atomic E-state index is 12.2. The van der Waals surface area contributed by atoms with Crippen LogP contribution in [0.4, 0.5) is 11.4 Å². The highest BCUT2D eigenvalue weighted by Gasteiger charge is 2.24. The molecule has 24 heavy (non-hydrogen) atoms. The van der Waals surface area contributed by atoms with E-state index in [1.54, 1.807) is 18.2 Å². The van der Waals surface area contributed by atoms with Crippen molar-refractivity contribution >= 4 is 33.7 Å². The van der Waals surface area contributed by atoms with Gasteiger partial charge in [0.15, 0.2) is 5.75 Å². The van der Waals surface area contributed by atoms with Crippen molar-refractivity contribution < 1.29 is 31.8 Å². The number of hydrogen-bond donors (Lipinski definition) is 4. The lowest BCUT2D eigenvalue weighted by molar-refractivity contribution is 0.0694.